The molecule has 3 aromatic carbocycles. The first-order chi connectivity index (χ1) is 12.6. The molecule has 0 saturated carbocycles. The van der Waals surface area contributed by atoms with Gasteiger partial charge in [-0.05, 0) is 36.8 Å². The van der Waals surface area contributed by atoms with E-state index in [1.807, 2.05) is 13.0 Å². The molecule has 0 bridgehead atoms. The number of hydrogen-bond donors (Lipinski definition) is 2. The summed E-state index contributed by atoms with van der Waals surface area (Å²) in [4.78, 5) is 25.1. The van der Waals surface area contributed by atoms with Crippen LogP contribution in [0.2, 0.25) is 5.02 Å². The van der Waals surface area contributed by atoms with Gasteiger partial charge in [-0.3, -0.25) is 4.79 Å². The molecule has 0 aliphatic heterocycles. The van der Waals surface area contributed by atoms with Crippen molar-refractivity contribution >= 4 is 34.8 Å². The van der Waals surface area contributed by atoms with Crippen molar-refractivity contribution in [2.75, 3.05) is 10.6 Å². The van der Waals surface area contributed by atoms with Gasteiger partial charge in [-0.15, -0.1) is 0 Å². The second-order valence-corrected chi connectivity index (χ2v) is 6.14. The zero-order valence-corrected chi connectivity index (χ0v) is 14.9. The third-order valence-corrected chi connectivity index (χ3v) is 4.38. The molecule has 4 nitrogen and oxygen atoms in total. The Morgan fingerprint density at radius 1 is 0.769 bits per heavy atom. The average Bonchev–Trinajstić information content (AvgIpc) is 2.66. The van der Waals surface area contributed by atoms with Crippen LogP contribution in [0.3, 0.4) is 0 Å². The fraction of sp³-hybridized carbons (Fsp3) is 0.0476. The van der Waals surface area contributed by atoms with Gasteiger partial charge in [-0.2, -0.15) is 0 Å². The van der Waals surface area contributed by atoms with Crippen LogP contribution in [0.15, 0.2) is 72.8 Å². The van der Waals surface area contributed by atoms with Gasteiger partial charge in [-0.25, -0.2) is 4.79 Å². The van der Waals surface area contributed by atoms with Crippen molar-refractivity contribution in [1.29, 1.82) is 0 Å². The van der Waals surface area contributed by atoms with Crippen LogP contribution in [0.25, 0.3) is 0 Å². The highest BCUT2D eigenvalue weighted by molar-refractivity contribution is 6.31. The van der Waals surface area contributed by atoms with Crippen LogP contribution in [0.1, 0.15) is 21.5 Å². The third kappa shape index (κ3) is 3.92. The number of amides is 2. The third-order valence-electron chi connectivity index (χ3n) is 3.97. The van der Waals surface area contributed by atoms with Gasteiger partial charge in [0.1, 0.15) is 0 Å². The summed E-state index contributed by atoms with van der Waals surface area (Å²) in [7, 11) is 0. The molecule has 26 heavy (non-hydrogen) atoms. The van der Waals surface area contributed by atoms with Gasteiger partial charge in [0.25, 0.3) is 0 Å². The van der Waals surface area contributed by atoms with Gasteiger partial charge in [0.2, 0.25) is 0 Å². The Bertz CT molecular complexity index is 955. The predicted octanol–water partition coefficient (Wildman–Crippen LogP) is 5.52. The van der Waals surface area contributed by atoms with Crippen molar-refractivity contribution in [2.45, 2.75) is 6.92 Å². The SMILES string of the molecule is Cc1c(Cl)cccc1NC(=O)Nc1ccccc1C(=O)c1ccccc1. The van der Waals surface area contributed by atoms with E-state index in [0.29, 0.717) is 27.5 Å². The summed E-state index contributed by atoms with van der Waals surface area (Å²) in [5.41, 5.74) is 2.82. The summed E-state index contributed by atoms with van der Waals surface area (Å²) < 4.78 is 0. The number of anilines is 2. The maximum atomic E-state index is 12.7. The molecule has 5 heteroatoms. The van der Waals surface area contributed by atoms with E-state index in [1.54, 1.807) is 66.7 Å². The number of rotatable bonds is 4. The van der Waals surface area contributed by atoms with Crippen LogP contribution in [-0.2, 0) is 0 Å². The topological polar surface area (TPSA) is 58.2 Å². The molecule has 0 aromatic heterocycles. The fourth-order valence-corrected chi connectivity index (χ4v) is 2.73. The molecule has 3 rings (SSSR count). The molecule has 0 unspecified atom stereocenters. The van der Waals surface area contributed by atoms with Crippen LogP contribution in [0.4, 0.5) is 16.2 Å². The number of carbonyl (C=O) groups excluding carboxylic acids is 2. The molecule has 0 heterocycles. The monoisotopic (exact) mass is 364 g/mol. The lowest BCUT2D eigenvalue weighted by atomic mass is 10.0. The molecular formula is C21H17ClN2O2. The molecule has 0 fully saturated rings. The Morgan fingerprint density at radius 2 is 1.38 bits per heavy atom. The van der Waals surface area contributed by atoms with E-state index < -0.39 is 6.03 Å². The van der Waals surface area contributed by atoms with Gasteiger partial charge < -0.3 is 10.6 Å². The molecule has 130 valence electrons. The van der Waals surface area contributed by atoms with Crippen molar-refractivity contribution in [1.82, 2.24) is 0 Å². The smallest absolute Gasteiger partial charge is 0.307 e. The second kappa shape index (κ2) is 7.85. The standard InChI is InChI=1S/C21H17ClN2O2/c1-14-17(22)11-7-13-18(14)23-21(26)24-19-12-6-5-10-16(19)20(25)15-8-3-2-4-9-15/h2-13H,1H3,(H2,23,24,26). The van der Waals surface area contributed by atoms with E-state index in [1.165, 1.54) is 0 Å². The highest BCUT2D eigenvalue weighted by Gasteiger charge is 2.15. The zero-order chi connectivity index (χ0) is 18.5. The van der Waals surface area contributed by atoms with E-state index in [2.05, 4.69) is 10.6 Å². The first kappa shape index (κ1) is 17.7. The minimum atomic E-state index is -0.441. The van der Waals surface area contributed by atoms with Crippen molar-refractivity contribution in [3.63, 3.8) is 0 Å². The molecule has 3 aromatic rings. The lowest BCUT2D eigenvalue weighted by Gasteiger charge is -2.13. The summed E-state index contributed by atoms with van der Waals surface area (Å²) in [6.07, 6.45) is 0. The van der Waals surface area contributed by atoms with Crippen LogP contribution in [-0.4, -0.2) is 11.8 Å². The van der Waals surface area contributed by atoms with Gasteiger partial charge in [-0.1, -0.05) is 60.1 Å². The van der Waals surface area contributed by atoms with Crippen LogP contribution >= 0.6 is 11.6 Å². The number of ketones is 1. The first-order valence-corrected chi connectivity index (χ1v) is 8.46. The Kier molecular flexibility index (Phi) is 5.34. The zero-order valence-electron chi connectivity index (χ0n) is 14.1. The van der Waals surface area contributed by atoms with Gasteiger partial charge in [0.15, 0.2) is 5.78 Å². The molecule has 2 N–H and O–H groups in total. The van der Waals surface area contributed by atoms with Crippen molar-refractivity contribution < 1.29 is 9.59 Å². The van der Waals surface area contributed by atoms with E-state index in [0.717, 1.165) is 5.56 Å². The minimum absolute atomic E-state index is 0.152. The Balaban J connectivity index is 1.81. The molecule has 0 aliphatic carbocycles. The highest BCUT2D eigenvalue weighted by Crippen LogP contribution is 2.24. The van der Waals surface area contributed by atoms with Gasteiger partial charge >= 0.3 is 6.03 Å². The molecular weight excluding hydrogens is 348 g/mol. The van der Waals surface area contributed by atoms with Gasteiger partial charge in [0.05, 0.1) is 5.69 Å². The minimum Gasteiger partial charge on any atom is -0.307 e. The Labute approximate surface area is 156 Å². The quantitative estimate of drug-likeness (QED) is 0.598. The van der Waals surface area contributed by atoms with Gasteiger partial charge in [0, 0.05) is 21.8 Å². The Hall–Kier alpha value is -3.11. The fourth-order valence-electron chi connectivity index (χ4n) is 2.55. The predicted molar refractivity (Wildman–Crippen MR) is 105 cm³/mol. The highest BCUT2D eigenvalue weighted by atomic mass is 35.5. The summed E-state index contributed by atoms with van der Waals surface area (Å²) in [6.45, 7) is 1.82. The molecule has 0 atom stereocenters. The number of para-hydroxylation sites is 1. The van der Waals surface area contributed by atoms with Crippen molar-refractivity contribution in [3.8, 4) is 0 Å². The lowest BCUT2D eigenvalue weighted by Crippen LogP contribution is -2.21. The van der Waals surface area contributed by atoms with E-state index in [4.69, 9.17) is 11.6 Å². The number of hydrogen-bond acceptors (Lipinski definition) is 2. The number of nitrogens with one attached hydrogen (secondary N) is 2. The molecule has 0 radical (unpaired) electrons. The normalized spacial score (nSPS) is 10.2. The summed E-state index contributed by atoms with van der Waals surface area (Å²) >= 11 is 6.08. The van der Waals surface area contributed by atoms with Crippen LogP contribution in [0.5, 0.6) is 0 Å². The average molecular weight is 365 g/mol. The Morgan fingerprint density at radius 3 is 2.15 bits per heavy atom. The lowest BCUT2D eigenvalue weighted by molar-refractivity contribution is 0.103. The maximum Gasteiger partial charge on any atom is 0.323 e. The van der Waals surface area contributed by atoms with Crippen molar-refractivity contribution in [2.24, 2.45) is 0 Å². The molecule has 2 amide bonds. The summed E-state index contributed by atoms with van der Waals surface area (Å²) in [5, 5.41) is 6.07. The first-order valence-electron chi connectivity index (χ1n) is 8.08. The molecule has 0 saturated heterocycles. The van der Waals surface area contributed by atoms with Crippen LogP contribution < -0.4 is 10.6 Å². The summed E-state index contributed by atoms with van der Waals surface area (Å²) in [6, 6.07) is 20.7. The van der Waals surface area contributed by atoms with E-state index >= 15 is 0 Å². The molecule has 0 spiro atoms. The molecule has 0 aliphatic rings. The number of carbonyl (C=O) groups is 2. The number of benzene rings is 3. The van der Waals surface area contributed by atoms with E-state index in [-0.39, 0.29) is 5.78 Å². The van der Waals surface area contributed by atoms with E-state index in [9.17, 15) is 9.59 Å². The maximum absolute atomic E-state index is 12.7. The van der Waals surface area contributed by atoms with Crippen LogP contribution in [0, 0.1) is 6.92 Å². The second-order valence-electron chi connectivity index (χ2n) is 5.73. The number of urea groups is 1. The largest absolute Gasteiger partial charge is 0.323 e. The van der Waals surface area contributed by atoms with Crippen molar-refractivity contribution in [3.05, 3.63) is 94.5 Å². The number of halogens is 1. The summed E-state index contributed by atoms with van der Waals surface area (Å²) in [5.74, 6) is -0.152.